The highest BCUT2D eigenvalue weighted by atomic mass is 35.5. The van der Waals surface area contributed by atoms with Gasteiger partial charge in [-0.05, 0) is 48.6 Å². The molecule has 1 aliphatic heterocycles. The van der Waals surface area contributed by atoms with Crippen molar-refractivity contribution in [3.8, 4) is 0 Å². The molecule has 0 aliphatic carbocycles. The molecule has 0 amide bonds. The van der Waals surface area contributed by atoms with Gasteiger partial charge in [0.25, 0.3) is 0 Å². The average molecular weight is 464 g/mol. The molecule has 0 aromatic heterocycles. The molecule has 2 N–H and O–H groups in total. The van der Waals surface area contributed by atoms with Crippen LogP contribution in [0.2, 0.25) is 10.0 Å². The topological polar surface area (TPSA) is 70.7 Å². The van der Waals surface area contributed by atoms with Crippen LogP contribution in [0.15, 0.2) is 41.3 Å². The first-order chi connectivity index (χ1) is 13.3. The lowest BCUT2D eigenvalue weighted by Gasteiger charge is -2.26. The van der Waals surface area contributed by atoms with Crippen molar-refractivity contribution in [2.75, 3.05) is 36.9 Å². The fourth-order valence-corrected chi connectivity index (χ4v) is 4.60. The van der Waals surface area contributed by atoms with Crippen LogP contribution in [0.5, 0.6) is 0 Å². The van der Waals surface area contributed by atoms with Crippen molar-refractivity contribution < 1.29 is 17.5 Å². The first-order valence-electron chi connectivity index (χ1n) is 8.18. The predicted molar refractivity (Wildman–Crippen MR) is 112 cm³/mol. The number of thiocarbonyl (C=S) groups is 1. The zero-order valence-corrected chi connectivity index (χ0v) is 17.6. The van der Waals surface area contributed by atoms with Gasteiger partial charge in [0.1, 0.15) is 10.7 Å². The van der Waals surface area contributed by atoms with Gasteiger partial charge in [-0.3, -0.25) is 0 Å². The van der Waals surface area contributed by atoms with Gasteiger partial charge >= 0.3 is 0 Å². The number of nitrogens with one attached hydrogen (secondary N) is 2. The molecule has 150 valence electrons. The lowest BCUT2D eigenvalue weighted by Crippen LogP contribution is -2.40. The standard InChI is InChI=1S/C17H16Cl2FN3O3S2/c18-13-3-1-11(9-14(13)19)21-17(27)22-12-2-4-15(20)16(10-12)28(24,25)23-5-7-26-8-6-23/h1-4,9-10H,5-8H2,(H2,21,22,27). The Morgan fingerprint density at radius 3 is 2.29 bits per heavy atom. The van der Waals surface area contributed by atoms with E-state index in [1.807, 2.05) is 0 Å². The van der Waals surface area contributed by atoms with E-state index in [1.165, 1.54) is 16.4 Å². The van der Waals surface area contributed by atoms with Gasteiger partial charge in [-0.2, -0.15) is 4.31 Å². The van der Waals surface area contributed by atoms with Crippen LogP contribution in [0.4, 0.5) is 15.8 Å². The highest BCUT2D eigenvalue weighted by molar-refractivity contribution is 7.89. The smallest absolute Gasteiger partial charge is 0.246 e. The van der Waals surface area contributed by atoms with Crippen molar-refractivity contribution in [3.63, 3.8) is 0 Å². The van der Waals surface area contributed by atoms with E-state index in [9.17, 15) is 12.8 Å². The number of hydrogen-bond acceptors (Lipinski definition) is 4. The van der Waals surface area contributed by atoms with Gasteiger partial charge in [-0.15, -0.1) is 0 Å². The van der Waals surface area contributed by atoms with Crippen LogP contribution in [0.1, 0.15) is 0 Å². The van der Waals surface area contributed by atoms with Crippen LogP contribution in [0, 0.1) is 5.82 Å². The van der Waals surface area contributed by atoms with Gasteiger partial charge in [0.15, 0.2) is 5.11 Å². The van der Waals surface area contributed by atoms with E-state index in [2.05, 4.69) is 10.6 Å². The third-order valence-corrected chi connectivity index (χ3v) is 6.81. The highest BCUT2D eigenvalue weighted by Crippen LogP contribution is 2.26. The molecule has 11 heteroatoms. The minimum atomic E-state index is -3.98. The Morgan fingerprint density at radius 2 is 1.64 bits per heavy atom. The summed E-state index contributed by atoms with van der Waals surface area (Å²) in [5, 5.41) is 6.68. The monoisotopic (exact) mass is 463 g/mol. The Kier molecular flexibility index (Phi) is 6.74. The first kappa shape index (κ1) is 21.2. The SMILES string of the molecule is O=S(=O)(c1cc(NC(=S)Nc2ccc(Cl)c(Cl)c2)ccc1F)N1CCOCC1. The maximum atomic E-state index is 14.2. The van der Waals surface area contributed by atoms with E-state index in [0.29, 0.717) is 21.4 Å². The molecule has 2 aromatic carbocycles. The Bertz CT molecular complexity index is 999. The third-order valence-electron chi connectivity index (χ3n) is 3.95. The zero-order valence-electron chi connectivity index (χ0n) is 14.4. The van der Waals surface area contributed by atoms with Crippen molar-refractivity contribution in [1.82, 2.24) is 4.31 Å². The van der Waals surface area contributed by atoms with Crippen LogP contribution < -0.4 is 10.6 Å². The quantitative estimate of drug-likeness (QED) is 0.668. The molecule has 0 bridgehead atoms. The molecule has 1 heterocycles. The lowest BCUT2D eigenvalue weighted by molar-refractivity contribution is 0.0729. The van der Waals surface area contributed by atoms with Gasteiger partial charge in [0.2, 0.25) is 10.0 Å². The van der Waals surface area contributed by atoms with E-state index in [1.54, 1.807) is 18.2 Å². The summed E-state index contributed by atoms with van der Waals surface area (Å²) in [6.45, 7) is 0.903. The molecule has 0 unspecified atom stereocenters. The molecule has 3 rings (SSSR count). The second-order valence-electron chi connectivity index (χ2n) is 5.87. The fraction of sp³-hybridized carbons (Fsp3) is 0.235. The first-order valence-corrected chi connectivity index (χ1v) is 10.8. The van der Waals surface area contributed by atoms with Crippen LogP contribution >= 0.6 is 35.4 Å². The van der Waals surface area contributed by atoms with E-state index >= 15 is 0 Å². The Hall–Kier alpha value is -1.49. The van der Waals surface area contributed by atoms with E-state index in [0.717, 1.165) is 6.07 Å². The largest absolute Gasteiger partial charge is 0.379 e. The molecule has 0 radical (unpaired) electrons. The summed E-state index contributed by atoms with van der Waals surface area (Å²) >= 11 is 17.1. The summed E-state index contributed by atoms with van der Waals surface area (Å²) in [4.78, 5) is -0.420. The van der Waals surface area contributed by atoms with E-state index in [4.69, 9.17) is 40.2 Å². The van der Waals surface area contributed by atoms with Crippen molar-refractivity contribution in [2.45, 2.75) is 4.90 Å². The number of morpholine rings is 1. The molecule has 28 heavy (non-hydrogen) atoms. The van der Waals surface area contributed by atoms with Crippen LogP contribution in [0.3, 0.4) is 0 Å². The second kappa shape index (κ2) is 8.89. The highest BCUT2D eigenvalue weighted by Gasteiger charge is 2.29. The molecule has 1 saturated heterocycles. The number of sulfonamides is 1. The average Bonchev–Trinajstić information content (AvgIpc) is 2.67. The fourth-order valence-electron chi connectivity index (χ4n) is 2.57. The second-order valence-corrected chi connectivity index (χ2v) is 9.00. The van der Waals surface area contributed by atoms with Crippen LogP contribution in [0.25, 0.3) is 0 Å². The number of nitrogens with zero attached hydrogens (tertiary/aromatic N) is 1. The summed E-state index contributed by atoms with van der Waals surface area (Å²) < 4.78 is 46.1. The van der Waals surface area contributed by atoms with E-state index in [-0.39, 0.29) is 31.4 Å². The maximum absolute atomic E-state index is 14.2. The van der Waals surface area contributed by atoms with Gasteiger partial charge in [0.05, 0.1) is 23.3 Å². The zero-order chi connectivity index (χ0) is 20.3. The van der Waals surface area contributed by atoms with Crippen molar-refractivity contribution >= 4 is 61.9 Å². The number of hydrogen-bond donors (Lipinski definition) is 2. The normalized spacial score (nSPS) is 15.2. The number of halogens is 3. The Balaban J connectivity index is 1.77. The van der Waals surface area contributed by atoms with E-state index < -0.39 is 20.7 Å². The summed E-state index contributed by atoms with van der Waals surface area (Å²) in [5.74, 6) is -0.833. The summed E-state index contributed by atoms with van der Waals surface area (Å²) in [5.41, 5.74) is 0.918. The number of rotatable bonds is 4. The van der Waals surface area contributed by atoms with Gasteiger partial charge < -0.3 is 15.4 Å². The maximum Gasteiger partial charge on any atom is 0.246 e. The Morgan fingerprint density at radius 1 is 1.04 bits per heavy atom. The van der Waals surface area contributed by atoms with Gasteiger partial charge in [-0.1, -0.05) is 23.2 Å². The molecule has 0 atom stereocenters. The van der Waals surface area contributed by atoms with Crippen LogP contribution in [-0.4, -0.2) is 44.1 Å². The minimum Gasteiger partial charge on any atom is -0.379 e. The Labute approximate surface area is 177 Å². The van der Waals surface area contributed by atoms with Crippen molar-refractivity contribution in [3.05, 3.63) is 52.3 Å². The molecule has 6 nitrogen and oxygen atoms in total. The number of ether oxygens (including phenoxy) is 1. The molecule has 2 aromatic rings. The third kappa shape index (κ3) is 4.91. The van der Waals surface area contributed by atoms with Crippen LogP contribution in [-0.2, 0) is 14.8 Å². The molecular formula is C17H16Cl2FN3O3S2. The predicted octanol–water partition coefficient (Wildman–Crippen LogP) is 3.96. The van der Waals surface area contributed by atoms with Gasteiger partial charge in [-0.25, -0.2) is 12.8 Å². The molecule has 0 saturated carbocycles. The number of anilines is 2. The van der Waals surface area contributed by atoms with Gasteiger partial charge in [0, 0.05) is 24.5 Å². The van der Waals surface area contributed by atoms with Crippen molar-refractivity contribution in [1.29, 1.82) is 0 Å². The summed E-state index contributed by atoms with van der Waals surface area (Å²) in [6, 6.07) is 8.58. The lowest BCUT2D eigenvalue weighted by atomic mass is 10.3. The van der Waals surface area contributed by atoms with Crippen molar-refractivity contribution in [2.24, 2.45) is 0 Å². The minimum absolute atomic E-state index is 0.177. The summed E-state index contributed by atoms with van der Waals surface area (Å²) in [7, 11) is -3.98. The molecule has 1 fully saturated rings. The molecular weight excluding hydrogens is 448 g/mol. The summed E-state index contributed by atoms with van der Waals surface area (Å²) in [6.07, 6.45) is 0. The molecule has 1 aliphatic rings. The molecule has 0 spiro atoms. The number of benzene rings is 2.